The van der Waals surface area contributed by atoms with E-state index >= 15 is 0 Å². The van der Waals surface area contributed by atoms with Crippen LogP contribution in [-0.2, 0) is 0 Å². The highest BCUT2D eigenvalue weighted by Gasteiger charge is 2.28. The molecule has 92 valence electrons. The highest BCUT2D eigenvalue weighted by Crippen LogP contribution is 2.40. The maximum Gasteiger partial charge on any atom is 0.145 e. The Morgan fingerprint density at radius 1 is 1.24 bits per heavy atom. The second kappa shape index (κ2) is 4.37. The maximum atomic E-state index is 4.79. The van der Waals surface area contributed by atoms with Gasteiger partial charge in [-0.25, -0.2) is 9.97 Å². The second-order valence-electron chi connectivity index (χ2n) is 5.65. The Kier molecular flexibility index (Phi) is 2.87. The standard InChI is InChI=1S/C14H21N3/c1-9(2)12-8-13(10-5-6-10)17-14(16-12)11-4-3-7-15-11/h8-11,15H,3-7H2,1-2H3. The maximum absolute atomic E-state index is 4.79. The van der Waals surface area contributed by atoms with Gasteiger partial charge in [-0.2, -0.15) is 0 Å². The number of aromatic nitrogens is 2. The molecule has 0 radical (unpaired) electrons. The van der Waals surface area contributed by atoms with E-state index in [4.69, 9.17) is 9.97 Å². The monoisotopic (exact) mass is 231 g/mol. The highest BCUT2D eigenvalue weighted by atomic mass is 15.0. The number of nitrogens with zero attached hydrogens (tertiary/aromatic N) is 2. The lowest BCUT2D eigenvalue weighted by Crippen LogP contribution is -2.17. The molecule has 0 bridgehead atoms. The van der Waals surface area contributed by atoms with Crippen molar-refractivity contribution < 1.29 is 0 Å². The molecule has 2 heterocycles. The fourth-order valence-corrected chi connectivity index (χ4v) is 2.45. The van der Waals surface area contributed by atoms with Crippen LogP contribution >= 0.6 is 0 Å². The van der Waals surface area contributed by atoms with Gasteiger partial charge in [0.1, 0.15) is 5.82 Å². The van der Waals surface area contributed by atoms with Gasteiger partial charge in [0.25, 0.3) is 0 Å². The first-order chi connectivity index (χ1) is 8.24. The molecule has 1 atom stereocenters. The third-order valence-electron chi connectivity index (χ3n) is 3.74. The fourth-order valence-electron chi connectivity index (χ4n) is 2.45. The van der Waals surface area contributed by atoms with Crippen LogP contribution in [0.3, 0.4) is 0 Å². The van der Waals surface area contributed by atoms with Crippen LogP contribution in [-0.4, -0.2) is 16.5 Å². The van der Waals surface area contributed by atoms with Crippen molar-refractivity contribution in [3.8, 4) is 0 Å². The molecule has 1 unspecified atom stereocenters. The van der Waals surface area contributed by atoms with Crippen LogP contribution in [0.1, 0.15) is 74.6 Å². The van der Waals surface area contributed by atoms with Crippen molar-refractivity contribution >= 4 is 0 Å². The molecule has 0 amide bonds. The van der Waals surface area contributed by atoms with Crippen LogP contribution in [0.2, 0.25) is 0 Å². The van der Waals surface area contributed by atoms with Gasteiger partial charge in [0, 0.05) is 17.3 Å². The zero-order valence-electron chi connectivity index (χ0n) is 10.7. The summed E-state index contributed by atoms with van der Waals surface area (Å²) in [6.07, 6.45) is 5.06. The van der Waals surface area contributed by atoms with Crippen LogP contribution in [0.25, 0.3) is 0 Å². The largest absolute Gasteiger partial charge is 0.307 e. The number of hydrogen-bond donors (Lipinski definition) is 1. The molecule has 2 aliphatic rings. The minimum Gasteiger partial charge on any atom is -0.307 e. The molecule has 3 nitrogen and oxygen atoms in total. The van der Waals surface area contributed by atoms with Crippen molar-refractivity contribution in [2.24, 2.45) is 0 Å². The van der Waals surface area contributed by atoms with Crippen molar-refractivity contribution in [1.82, 2.24) is 15.3 Å². The summed E-state index contributed by atoms with van der Waals surface area (Å²) in [4.78, 5) is 9.54. The zero-order valence-corrected chi connectivity index (χ0v) is 10.7. The van der Waals surface area contributed by atoms with Crippen molar-refractivity contribution in [1.29, 1.82) is 0 Å². The summed E-state index contributed by atoms with van der Waals surface area (Å²) in [6, 6.07) is 2.62. The van der Waals surface area contributed by atoms with Gasteiger partial charge in [-0.1, -0.05) is 13.8 Å². The van der Waals surface area contributed by atoms with Gasteiger partial charge < -0.3 is 5.32 Å². The van der Waals surface area contributed by atoms with Gasteiger partial charge in [0.05, 0.1) is 6.04 Å². The average molecular weight is 231 g/mol. The molecule has 1 N–H and O–H groups in total. The molecule has 2 fully saturated rings. The summed E-state index contributed by atoms with van der Waals surface area (Å²) in [7, 11) is 0. The summed E-state index contributed by atoms with van der Waals surface area (Å²) >= 11 is 0. The van der Waals surface area contributed by atoms with Crippen LogP contribution in [0.4, 0.5) is 0 Å². The topological polar surface area (TPSA) is 37.8 Å². The molecule has 1 saturated carbocycles. The van der Waals surface area contributed by atoms with Gasteiger partial charge >= 0.3 is 0 Å². The van der Waals surface area contributed by atoms with Gasteiger partial charge in [0.2, 0.25) is 0 Å². The van der Waals surface area contributed by atoms with Crippen molar-refractivity contribution in [2.75, 3.05) is 6.54 Å². The molecule has 1 aliphatic carbocycles. The van der Waals surface area contributed by atoms with E-state index in [2.05, 4.69) is 25.2 Å². The quantitative estimate of drug-likeness (QED) is 0.869. The normalized spacial score (nSPS) is 24.5. The predicted octanol–water partition coefficient (Wildman–Crippen LogP) is 2.90. The van der Waals surface area contributed by atoms with E-state index in [0.29, 0.717) is 12.0 Å². The second-order valence-corrected chi connectivity index (χ2v) is 5.65. The Hall–Kier alpha value is -0.960. The minimum absolute atomic E-state index is 0.395. The van der Waals surface area contributed by atoms with Gasteiger partial charge in [-0.3, -0.25) is 0 Å². The SMILES string of the molecule is CC(C)c1cc(C2CC2)nc(C2CCCN2)n1. The fraction of sp³-hybridized carbons (Fsp3) is 0.714. The van der Waals surface area contributed by atoms with Gasteiger partial charge in [-0.05, 0) is 44.2 Å². The van der Waals surface area contributed by atoms with E-state index in [1.54, 1.807) is 0 Å². The molecular weight excluding hydrogens is 210 g/mol. The lowest BCUT2D eigenvalue weighted by Gasteiger charge is -2.14. The molecule has 1 aromatic heterocycles. The number of rotatable bonds is 3. The minimum atomic E-state index is 0.395. The van der Waals surface area contributed by atoms with Crippen molar-refractivity contribution in [2.45, 2.75) is 57.4 Å². The first kappa shape index (κ1) is 11.1. The predicted molar refractivity (Wildman–Crippen MR) is 68.1 cm³/mol. The summed E-state index contributed by atoms with van der Waals surface area (Å²) < 4.78 is 0. The van der Waals surface area contributed by atoms with E-state index < -0.39 is 0 Å². The van der Waals surface area contributed by atoms with E-state index in [1.807, 2.05) is 0 Å². The summed E-state index contributed by atoms with van der Waals surface area (Å²) in [5, 5.41) is 3.50. The van der Waals surface area contributed by atoms with Gasteiger partial charge in [0.15, 0.2) is 0 Å². The molecule has 0 aromatic carbocycles. The molecule has 1 aromatic rings. The summed E-state index contributed by atoms with van der Waals surface area (Å²) in [5.41, 5.74) is 2.50. The van der Waals surface area contributed by atoms with Crippen LogP contribution in [0.5, 0.6) is 0 Å². The third-order valence-corrected chi connectivity index (χ3v) is 3.74. The smallest absolute Gasteiger partial charge is 0.145 e. The molecule has 0 spiro atoms. The Morgan fingerprint density at radius 2 is 2.06 bits per heavy atom. The zero-order chi connectivity index (χ0) is 11.8. The van der Waals surface area contributed by atoms with Gasteiger partial charge in [-0.15, -0.1) is 0 Å². The number of nitrogens with one attached hydrogen (secondary N) is 1. The average Bonchev–Trinajstić information content (AvgIpc) is 3.04. The van der Waals surface area contributed by atoms with Crippen molar-refractivity contribution in [3.05, 3.63) is 23.3 Å². The number of hydrogen-bond acceptors (Lipinski definition) is 3. The van der Waals surface area contributed by atoms with E-state index in [1.165, 1.54) is 37.1 Å². The Bertz CT molecular complexity index is 384. The lowest BCUT2D eigenvalue weighted by molar-refractivity contribution is 0.591. The first-order valence-corrected chi connectivity index (χ1v) is 6.86. The first-order valence-electron chi connectivity index (χ1n) is 6.86. The highest BCUT2D eigenvalue weighted by molar-refractivity contribution is 5.22. The van der Waals surface area contributed by atoms with E-state index in [9.17, 15) is 0 Å². The van der Waals surface area contributed by atoms with Crippen molar-refractivity contribution in [3.63, 3.8) is 0 Å². The third kappa shape index (κ3) is 2.34. The van der Waals surface area contributed by atoms with Crippen LogP contribution in [0, 0.1) is 0 Å². The molecular formula is C14H21N3. The molecule has 17 heavy (non-hydrogen) atoms. The molecule has 3 heteroatoms. The summed E-state index contributed by atoms with van der Waals surface area (Å²) in [5.74, 6) is 2.25. The van der Waals surface area contributed by atoms with E-state index in [0.717, 1.165) is 18.3 Å². The molecule has 3 rings (SSSR count). The molecule has 1 saturated heterocycles. The van der Waals surface area contributed by atoms with Crippen LogP contribution < -0.4 is 5.32 Å². The lowest BCUT2D eigenvalue weighted by atomic mass is 10.1. The van der Waals surface area contributed by atoms with E-state index in [-0.39, 0.29) is 0 Å². The Labute approximate surface area is 103 Å². The summed E-state index contributed by atoms with van der Waals surface area (Å²) in [6.45, 7) is 5.54. The Balaban J connectivity index is 1.95. The Morgan fingerprint density at radius 3 is 2.65 bits per heavy atom. The van der Waals surface area contributed by atoms with Crippen LogP contribution in [0.15, 0.2) is 6.07 Å². The molecule has 1 aliphatic heterocycles.